The molecular weight excluding hydrogens is 286 g/mol. The Morgan fingerprint density at radius 1 is 1.26 bits per heavy atom. The number of halogens is 1. The lowest BCUT2D eigenvalue weighted by Gasteiger charge is -2.19. The number of hydrogen-bond acceptors (Lipinski definition) is 3. The van der Waals surface area contributed by atoms with Crippen molar-refractivity contribution in [3.8, 4) is 0 Å². The van der Waals surface area contributed by atoms with Crippen LogP contribution in [-0.4, -0.2) is 26.0 Å². The Labute approximate surface area is 118 Å². The van der Waals surface area contributed by atoms with E-state index >= 15 is 0 Å². The van der Waals surface area contributed by atoms with Gasteiger partial charge in [0.15, 0.2) is 0 Å². The monoisotopic (exact) mass is 301 g/mol. The van der Waals surface area contributed by atoms with Gasteiger partial charge in [-0.2, -0.15) is 0 Å². The van der Waals surface area contributed by atoms with Crippen LogP contribution in [0.1, 0.15) is 24.8 Å². The van der Waals surface area contributed by atoms with Gasteiger partial charge in [0.25, 0.3) is 0 Å². The summed E-state index contributed by atoms with van der Waals surface area (Å²) in [7, 11) is -3.29. The average Bonchev–Trinajstić information content (AvgIpc) is 2.79. The summed E-state index contributed by atoms with van der Waals surface area (Å²) >= 11 is 5.22. The zero-order chi connectivity index (χ0) is 13.9. The third kappa shape index (κ3) is 3.48. The van der Waals surface area contributed by atoms with Crippen molar-refractivity contribution in [2.75, 3.05) is 16.6 Å². The van der Waals surface area contributed by atoms with E-state index in [4.69, 9.17) is 11.6 Å². The van der Waals surface area contributed by atoms with Gasteiger partial charge in [-0.15, -0.1) is 0 Å². The number of sulfonamides is 1. The lowest BCUT2D eigenvalue weighted by Crippen LogP contribution is -2.31. The van der Waals surface area contributed by atoms with Crippen molar-refractivity contribution in [1.82, 2.24) is 0 Å². The minimum atomic E-state index is -3.29. The molecule has 0 spiro atoms. The van der Waals surface area contributed by atoms with Crippen LogP contribution in [0.3, 0.4) is 0 Å². The Morgan fingerprint density at radius 2 is 2.00 bits per heavy atom. The van der Waals surface area contributed by atoms with Crippen LogP contribution in [0.25, 0.3) is 0 Å². The first-order chi connectivity index (χ1) is 9.00. The summed E-state index contributed by atoms with van der Waals surface area (Å²) in [5, 5.41) is -0.413. The van der Waals surface area contributed by atoms with E-state index in [0.29, 0.717) is 19.4 Å². The van der Waals surface area contributed by atoms with Crippen molar-refractivity contribution in [2.45, 2.75) is 25.7 Å². The van der Waals surface area contributed by atoms with E-state index in [1.165, 1.54) is 4.31 Å². The Kier molecular flexibility index (Phi) is 4.47. The molecule has 0 atom stereocenters. The van der Waals surface area contributed by atoms with E-state index in [-0.39, 0.29) is 12.2 Å². The van der Waals surface area contributed by atoms with Crippen molar-refractivity contribution in [2.24, 2.45) is 0 Å². The zero-order valence-corrected chi connectivity index (χ0v) is 12.1. The van der Waals surface area contributed by atoms with Gasteiger partial charge in [0, 0.05) is 13.0 Å². The first kappa shape index (κ1) is 14.3. The lowest BCUT2D eigenvalue weighted by atomic mass is 10.2. The minimum Gasteiger partial charge on any atom is -0.281 e. The summed E-state index contributed by atoms with van der Waals surface area (Å²) in [6, 6.07) is 7.55. The van der Waals surface area contributed by atoms with E-state index in [1.807, 2.05) is 24.3 Å². The molecule has 0 fully saturated rings. The molecule has 0 amide bonds. The summed E-state index contributed by atoms with van der Waals surface area (Å²) in [4.78, 5) is 10.6. The molecule has 0 saturated carbocycles. The third-order valence-corrected chi connectivity index (χ3v) is 5.25. The molecule has 0 aliphatic carbocycles. The minimum absolute atomic E-state index is 0.0610. The second-order valence-corrected chi connectivity index (χ2v) is 7.01. The molecule has 104 valence electrons. The number of nitrogens with zero attached hydrogens (tertiary/aromatic N) is 1. The number of rotatable bonds is 6. The van der Waals surface area contributed by atoms with Gasteiger partial charge < -0.3 is 0 Å². The quantitative estimate of drug-likeness (QED) is 0.598. The highest BCUT2D eigenvalue weighted by molar-refractivity contribution is 7.92. The fraction of sp³-hybridized carbons (Fsp3) is 0.462. The van der Waals surface area contributed by atoms with Crippen LogP contribution in [-0.2, 0) is 21.2 Å². The summed E-state index contributed by atoms with van der Waals surface area (Å²) in [5.74, 6) is 0.0610. The molecule has 1 aromatic carbocycles. The van der Waals surface area contributed by atoms with Gasteiger partial charge in [-0.1, -0.05) is 18.2 Å². The number of benzene rings is 1. The molecule has 4 nitrogen and oxygen atoms in total. The molecule has 6 heteroatoms. The first-order valence-electron chi connectivity index (χ1n) is 6.27. The lowest BCUT2D eigenvalue weighted by molar-refractivity contribution is -0.111. The molecule has 0 aromatic heterocycles. The molecule has 1 heterocycles. The summed E-state index contributed by atoms with van der Waals surface area (Å²) < 4.78 is 26.0. The number of fused-ring (bicyclic) bond motifs is 1. The van der Waals surface area contributed by atoms with Crippen molar-refractivity contribution in [3.05, 3.63) is 29.8 Å². The molecule has 1 aliphatic heterocycles. The average molecular weight is 302 g/mol. The van der Waals surface area contributed by atoms with Gasteiger partial charge in [-0.25, -0.2) is 8.42 Å². The Hall–Kier alpha value is -1.07. The van der Waals surface area contributed by atoms with Crippen LogP contribution in [0.2, 0.25) is 0 Å². The van der Waals surface area contributed by atoms with E-state index in [1.54, 1.807) is 0 Å². The largest absolute Gasteiger partial charge is 0.281 e. The molecule has 0 saturated heterocycles. The molecule has 1 aliphatic rings. The van der Waals surface area contributed by atoms with E-state index < -0.39 is 15.3 Å². The van der Waals surface area contributed by atoms with Crippen molar-refractivity contribution in [3.63, 3.8) is 0 Å². The Bertz CT molecular complexity index is 571. The molecule has 1 aromatic rings. The van der Waals surface area contributed by atoms with E-state index in [9.17, 15) is 13.2 Å². The second kappa shape index (κ2) is 5.92. The number of para-hydroxylation sites is 1. The van der Waals surface area contributed by atoms with Gasteiger partial charge >= 0.3 is 0 Å². The number of anilines is 1. The standard InChI is InChI=1S/C13H16ClNO3S/c14-13(16)7-3-4-10-19(17,18)15-9-8-11-5-1-2-6-12(11)15/h1-2,5-6H,3-4,7-10H2. The van der Waals surface area contributed by atoms with Crippen LogP contribution < -0.4 is 4.31 Å². The number of hydrogen-bond donors (Lipinski definition) is 0. The number of carbonyl (C=O) groups excluding carboxylic acids is 1. The molecule has 0 unspecified atom stereocenters. The van der Waals surface area contributed by atoms with E-state index in [0.717, 1.165) is 17.7 Å². The van der Waals surface area contributed by atoms with Crippen LogP contribution >= 0.6 is 11.6 Å². The maximum Gasteiger partial charge on any atom is 0.235 e. The zero-order valence-electron chi connectivity index (χ0n) is 10.5. The highest BCUT2D eigenvalue weighted by Crippen LogP contribution is 2.30. The Balaban J connectivity index is 2.00. The smallest absolute Gasteiger partial charge is 0.235 e. The van der Waals surface area contributed by atoms with E-state index in [2.05, 4.69) is 0 Å². The molecule has 0 radical (unpaired) electrons. The maximum absolute atomic E-state index is 12.2. The maximum atomic E-state index is 12.2. The van der Waals surface area contributed by atoms with Crippen LogP contribution in [0.4, 0.5) is 5.69 Å². The van der Waals surface area contributed by atoms with Crippen LogP contribution in [0.5, 0.6) is 0 Å². The van der Waals surface area contributed by atoms with Gasteiger partial charge in [0.05, 0.1) is 11.4 Å². The molecule has 2 rings (SSSR count). The fourth-order valence-electron chi connectivity index (χ4n) is 2.26. The highest BCUT2D eigenvalue weighted by atomic mass is 35.5. The predicted molar refractivity (Wildman–Crippen MR) is 76.0 cm³/mol. The summed E-state index contributed by atoms with van der Waals surface area (Å²) in [6.45, 7) is 0.510. The molecule has 0 bridgehead atoms. The van der Waals surface area contributed by atoms with Gasteiger partial charge in [0.1, 0.15) is 0 Å². The normalized spacial score (nSPS) is 14.5. The van der Waals surface area contributed by atoms with Crippen molar-refractivity contribution < 1.29 is 13.2 Å². The molecule has 0 N–H and O–H groups in total. The van der Waals surface area contributed by atoms with Crippen molar-refractivity contribution >= 4 is 32.6 Å². The van der Waals surface area contributed by atoms with Gasteiger partial charge in [-0.05, 0) is 42.5 Å². The summed E-state index contributed by atoms with van der Waals surface area (Å²) in [6.07, 6.45) is 1.96. The van der Waals surface area contributed by atoms with Crippen LogP contribution in [0.15, 0.2) is 24.3 Å². The molecular formula is C13H16ClNO3S. The third-order valence-electron chi connectivity index (χ3n) is 3.21. The highest BCUT2D eigenvalue weighted by Gasteiger charge is 2.28. The molecule has 19 heavy (non-hydrogen) atoms. The first-order valence-corrected chi connectivity index (χ1v) is 8.26. The Morgan fingerprint density at radius 3 is 2.74 bits per heavy atom. The predicted octanol–water partition coefficient (Wildman–Crippen LogP) is 2.31. The topological polar surface area (TPSA) is 54.5 Å². The van der Waals surface area contributed by atoms with Gasteiger partial charge in [0.2, 0.25) is 15.3 Å². The summed E-state index contributed by atoms with van der Waals surface area (Å²) in [5.41, 5.74) is 1.86. The van der Waals surface area contributed by atoms with Crippen LogP contribution in [0, 0.1) is 0 Å². The SMILES string of the molecule is O=C(Cl)CCCCS(=O)(=O)N1CCc2ccccc21. The number of carbonyl (C=O) groups is 1. The fourth-order valence-corrected chi connectivity index (χ4v) is 4.03. The van der Waals surface area contributed by atoms with Crippen molar-refractivity contribution in [1.29, 1.82) is 0 Å². The van der Waals surface area contributed by atoms with Gasteiger partial charge in [-0.3, -0.25) is 9.10 Å². The number of unbranched alkanes of at least 4 members (excludes halogenated alkanes) is 1. The second-order valence-electron chi connectivity index (χ2n) is 4.58.